The molecule has 1 aliphatic heterocycles. The fourth-order valence-electron chi connectivity index (χ4n) is 3.40. The molecule has 0 radical (unpaired) electrons. The average molecular weight is 369 g/mol. The molecule has 0 bridgehead atoms. The highest BCUT2D eigenvalue weighted by Gasteiger charge is 2.31. The normalized spacial score (nSPS) is 19.0. The second-order valence-corrected chi connectivity index (χ2v) is 7.69. The van der Waals surface area contributed by atoms with Crippen LogP contribution < -0.4 is 10.1 Å². The van der Waals surface area contributed by atoms with Gasteiger partial charge in [-0.15, -0.1) is 5.10 Å². The third kappa shape index (κ3) is 4.30. The summed E-state index contributed by atoms with van der Waals surface area (Å²) >= 11 is 0. The van der Waals surface area contributed by atoms with Gasteiger partial charge in [-0.3, -0.25) is 10.1 Å². The van der Waals surface area contributed by atoms with Crippen LogP contribution in [0.5, 0.6) is 5.75 Å². The van der Waals surface area contributed by atoms with Gasteiger partial charge in [-0.25, -0.2) is 4.68 Å². The molecule has 2 aromatic rings. The molecule has 7 nitrogen and oxygen atoms in total. The van der Waals surface area contributed by atoms with Crippen LogP contribution in [0, 0.1) is 5.92 Å². The first kappa shape index (κ1) is 18.0. The Labute approximate surface area is 159 Å². The Bertz CT molecular complexity index is 795. The molecule has 7 heteroatoms. The Kier molecular flexibility index (Phi) is 5.11. The number of aryl methyl sites for hydroxylation is 1. The van der Waals surface area contributed by atoms with Gasteiger partial charge in [0, 0.05) is 18.9 Å². The minimum atomic E-state index is 0.0497. The molecule has 2 heterocycles. The van der Waals surface area contributed by atoms with E-state index in [0.717, 1.165) is 50.2 Å². The fraction of sp³-hybridized carbons (Fsp3) is 0.550. The number of nitrogens with zero attached hydrogens (tertiary/aromatic N) is 4. The highest BCUT2D eigenvalue weighted by atomic mass is 16.5. The smallest absolute Gasteiger partial charge is 0.249 e. The minimum absolute atomic E-state index is 0.0497. The van der Waals surface area contributed by atoms with Crippen LogP contribution in [-0.4, -0.2) is 52.8 Å². The number of hydrogen-bond acceptors (Lipinski definition) is 5. The zero-order valence-corrected chi connectivity index (χ0v) is 16.0. The predicted molar refractivity (Wildman–Crippen MR) is 103 cm³/mol. The number of ether oxygens (including phenoxy) is 1. The summed E-state index contributed by atoms with van der Waals surface area (Å²) in [5.74, 6) is 2.48. The SMILES string of the molecule is CN(C)CCOc1ccc(C2CCCc3nc(NC(=O)C4CC4)nn32)cc1. The molecule has 1 atom stereocenters. The second-order valence-electron chi connectivity index (χ2n) is 7.69. The van der Waals surface area contributed by atoms with Gasteiger partial charge in [0.25, 0.3) is 0 Å². The molecule has 0 spiro atoms. The third-order valence-corrected chi connectivity index (χ3v) is 5.13. The number of hydrogen-bond donors (Lipinski definition) is 1. The topological polar surface area (TPSA) is 72.3 Å². The summed E-state index contributed by atoms with van der Waals surface area (Å²) in [6.07, 6.45) is 4.94. The lowest BCUT2D eigenvalue weighted by atomic mass is 9.98. The molecule has 2 aliphatic rings. The predicted octanol–water partition coefficient (Wildman–Crippen LogP) is 2.49. The van der Waals surface area contributed by atoms with Gasteiger partial charge in [0.1, 0.15) is 18.2 Å². The van der Waals surface area contributed by atoms with E-state index >= 15 is 0 Å². The molecule has 1 aliphatic carbocycles. The molecule has 1 aromatic heterocycles. The lowest BCUT2D eigenvalue weighted by molar-refractivity contribution is -0.117. The van der Waals surface area contributed by atoms with Crippen molar-refractivity contribution in [2.45, 2.75) is 38.1 Å². The Morgan fingerprint density at radius 2 is 2.04 bits per heavy atom. The maximum atomic E-state index is 12.0. The van der Waals surface area contributed by atoms with Gasteiger partial charge in [0.15, 0.2) is 0 Å². The lowest BCUT2D eigenvalue weighted by Gasteiger charge is -2.23. The molecule has 1 fully saturated rings. The van der Waals surface area contributed by atoms with Crippen molar-refractivity contribution in [2.24, 2.45) is 5.92 Å². The lowest BCUT2D eigenvalue weighted by Crippen LogP contribution is -2.21. The summed E-state index contributed by atoms with van der Waals surface area (Å²) in [5, 5.41) is 7.46. The Hall–Kier alpha value is -2.41. The maximum Gasteiger partial charge on any atom is 0.249 e. The first-order valence-corrected chi connectivity index (χ1v) is 9.74. The van der Waals surface area contributed by atoms with Gasteiger partial charge in [-0.1, -0.05) is 12.1 Å². The molecular formula is C20H27N5O2. The summed E-state index contributed by atoms with van der Waals surface area (Å²) < 4.78 is 7.76. The average Bonchev–Trinajstić information content (AvgIpc) is 3.42. The molecule has 27 heavy (non-hydrogen) atoms. The quantitative estimate of drug-likeness (QED) is 0.812. The summed E-state index contributed by atoms with van der Waals surface area (Å²) in [5.41, 5.74) is 1.20. The summed E-state index contributed by atoms with van der Waals surface area (Å²) in [6.45, 7) is 1.56. The van der Waals surface area contributed by atoms with E-state index in [1.807, 2.05) is 30.9 Å². The van der Waals surface area contributed by atoms with Crippen LogP contribution in [0.15, 0.2) is 24.3 Å². The third-order valence-electron chi connectivity index (χ3n) is 5.13. The van der Waals surface area contributed by atoms with E-state index < -0.39 is 0 Å². The van der Waals surface area contributed by atoms with Crippen LogP contribution in [-0.2, 0) is 11.2 Å². The van der Waals surface area contributed by atoms with Crippen molar-refractivity contribution in [1.82, 2.24) is 19.7 Å². The number of nitrogens with one attached hydrogen (secondary N) is 1. The van der Waals surface area contributed by atoms with Crippen molar-refractivity contribution in [3.63, 3.8) is 0 Å². The monoisotopic (exact) mass is 369 g/mol. The van der Waals surface area contributed by atoms with Crippen molar-refractivity contribution in [1.29, 1.82) is 0 Å². The zero-order valence-electron chi connectivity index (χ0n) is 16.0. The van der Waals surface area contributed by atoms with Crippen LogP contribution in [0.4, 0.5) is 5.95 Å². The molecule has 144 valence electrons. The minimum Gasteiger partial charge on any atom is -0.492 e. The molecule has 1 aromatic carbocycles. The van der Waals surface area contributed by atoms with Crippen LogP contribution in [0.25, 0.3) is 0 Å². The van der Waals surface area contributed by atoms with Crippen molar-refractivity contribution >= 4 is 11.9 Å². The summed E-state index contributed by atoms with van der Waals surface area (Å²) in [4.78, 5) is 18.6. The van der Waals surface area contributed by atoms with Crippen molar-refractivity contribution in [3.8, 4) is 5.75 Å². The van der Waals surface area contributed by atoms with E-state index in [1.165, 1.54) is 5.56 Å². The first-order valence-electron chi connectivity index (χ1n) is 9.74. The molecule has 0 saturated heterocycles. The first-order chi connectivity index (χ1) is 13.1. The second kappa shape index (κ2) is 7.68. The van der Waals surface area contributed by atoms with E-state index in [9.17, 15) is 4.79 Å². The van der Waals surface area contributed by atoms with E-state index in [2.05, 4.69) is 32.4 Å². The standard InChI is InChI=1S/C20H27N5O2/c1-24(2)12-13-27-16-10-8-14(9-11-16)17-4-3-5-18-21-20(23-25(17)18)22-19(26)15-6-7-15/h8-11,15,17H,3-7,12-13H2,1-2H3,(H,22,23,26). The Morgan fingerprint density at radius 1 is 1.26 bits per heavy atom. The molecule has 1 saturated carbocycles. The van der Waals surface area contributed by atoms with Gasteiger partial charge < -0.3 is 9.64 Å². The van der Waals surface area contributed by atoms with Crippen LogP contribution in [0.2, 0.25) is 0 Å². The number of anilines is 1. The van der Waals surface area contributed by atoms with E-state index in [4.69, 9.17) is 4.74 Å². The molecule has 4 rings (SSSR count). The van der Waals surface area contributed by atoms with Gasteiger partial charge in [-0.2, -0.15) is 4.98 Å². The van der Waals surface area contributed by atoms with Crippen LogP contribution >= 0.6 is 0 Å². The van der Waals surface area contributed by atoms with Crippen LogP contribution in [0.3, 0.4) is 0 Å². The van der Waals surface area contributed by atoms with Crippen molar-refractivity contribution in [3.05, 3.63) is 35.7 Å². The fourth-order valence-corrected chi connectivity index (χ4v) is 3.40. The Balaban J connectivity index is 1.45. The highest BCUT2D eigenvalue weighted by Crippen LogP contribution is 2.32. The largest absolute Gasteiger partial charge is 0.492 e. The molecule has 1 unspecified atom stereocenters. The Morgan fingerprint density at radius 3 is 2.74 bits per heavy atom. The van der Waals surface area contributed by atoms with E-state index in [1.54, 1.807) is 0 Å². The number of fused-ring (bicyclic) bond motifs is 1. The number of aromatic nitrogens is 3. The maximum absolute atomic E-state index is 12.0. The van der Waals surface area contributed by atoms with Crippen LogP contribution in [0.1, 0.15) is 43.1 Å². The number of carbonyl (C=O) groups excluding carboxylic acids is 1. The number of rotatable bonds is 7. The molecule has 1 N–H and O–H groups in total. The number of carbonyl (C=O) groups is 1. The van der Waals surface area contributed by atoms with E-state index in [0.29, 0.717) is 12.6 Å². The van der Waals surface area contributed by atoms with Gasteiger partial charge in [-0.05, 0) is 57.5 Å². The number of likely N-dealkylation sites (N-methyl/N-ethyl adjacent to an activating group) is 1. The molecule has 1 amide bonds. The van der Waals surface area contributed by atoms with E-state index in [-0.39, 0.29) is 17.9 Å². The highest BCUT2D eigenvalue weighted by molar-refractivity contribution is 5.92. The van der Waals surface area contributed by atoms with Crippen molar-refractivity contribution < 1.29 is 9.53 Å². The van der Waals surface area contributed by atoms with Gasteiger partial charge >= 0.3 is 0 Å². The molecular weight excluding hydrogens is 342 g/mol. The summed E-state index contributed by atoms with van der Waals surface area (Å²) in [7, 11) is 4.07. The van der Waals surface area contributed by atoms with Crippen molar-refractivity contribution in [2.75, 3.05) is 32.6 Å². The zero-order chi connectivity index (χ0) is 18.8. The number of amides is 1. The summed E-state index contributed by atoms with van der Waals surface area (Å²) in [6, 6.07) is 8.41. The van der Waals surface area contributed by atoms with Gasteiger partial charge in [0.2, 0.25) is 11.9 Å². The number of benzene rings is 1. The van der Waals surface area contributed by atoms with Gasteiger partial charge in [0.05, 0.1) is 6.04 Å².